The van der Waals surface area contributed by atoms with Crippen LogP contribution in [-0.2, 0) is 17.9 Å². The lowest BCUT2D eigenvalue weighted by Crippen LogP contribution is -2.36. The van der Waals surface area contributed by atoms with E-state index in [2.05, 4.69) is 50.6 Å². The second kappa shape index (κ2) is 10.4. The first kappa shape index (κ1) is 22.9. The van der Waals surface area contributed by atoms with Gasteiger partial charge in [0.25, 0.3) is 0 Å². The van der Waals surface area contributed by atoms with Gasteiger partial charge in [0.15, 0.2) is 0 Å². The van der Waals surface area contributed by atoms with Gasteiger partial charge in [-0.05, 0) is 70.8 Å². The van der Waals surface area contributed by atoms with Crippen LogP contribution in [0.25, 0.3) is 0 Å². The number of likely N-dealkylation sites (tertiary alicyclic amines) is 1. The summed E-state index contributed by atoms with van der Waals surface area (Å²) in [6.45, 7) is 9.95. The minimum Gasteiger partial charge on any atom is -0.475 e. The Kier molecular flexibility index (Phi) is 8.24. The van der Waals surface area contributed by atoms with E-state index in [0.717, 1.165) is 24.7 Å². The minimum atomic E-state index is -5.08. The van der Waals surface area contributed by atoms with E-state index in [-0.39, 0.29) is 0 Å². The first-order chi connectivity index (χ1) is 13.6. The van der Waals surface area contributed by atoms with E-state index in [1.165, 1.54) is 44.6 Å². The van der Waals surface area contributed by atoms with Crippen molar-refractivity contribution < 1.29 is 23.1 Å². The quantitative estimate of drug-likeness (QED) is 0.785. The van der Waals surface area contributed by atoms with Gasteiger partial charge in [0.2, 0.25) is 0 Å². The maximum absolute atomic E-state index is 10.6. The van der Waals surface area contributed by atoms with Gasteiger partial charge in [-0.25, -0.2) is 4.79 Å². The number of alkyl halides is 3. The molecule has 10 heteroatoms. The van der Waals surface area contributed by atoms with E-state index in [4.69, 9.17) is 9.90 Å². The topological polar surface area (TPSA) is 76.2 Å². The van der Waals surface area contributed by atoms with Gasteiger partial charge in [-0.15, -0.1) is 0 Å². The molecule has 1 aliphatic rings. The van der Waals surface area contributed by atoms with Crippen molar-refractivity contribution in [2.75, 3.05) is 19.6 Å². The zero-order valence-corrected chi connectivity index (χ0v) is 16.8. The van der Waals surface area contributed by atoms with Crippen LogP contribution in [0.2, 0.25) is 0 Å². The molecule has 0 aromatic carbocycles. The highest BCUT2D eigenvalue weighted by Crippen LogP contribution is 2.19. The molecule has 0 unspecified atom stereocenters. The lowest BCUT2D eigenvalue weighted by atomic mass is 9.97. The van der Waals surface area contributed by atoms with Gasteiger partial charge in [0.05, 0.1) is 5.69 Å². The summed E-state index contributed by atoms with van der Waals surface area (Å²) in [7, 11) is 0. The average molecular weight is 415 g/mol. The van der Waals surface area contributed by atoms with E-state index in [1.54, 1.807) is 0 Å². The van der Waals surface area contributed by atoms with Crippen molar-refractivity contribution in [3.05, 3.63) is 35.9 Å². The molecule has 0 bridgehead atoms. The van der Waals surface area contributed by atoms with Crippen LogP contribution in [0.3, 0.4) is 0 Å². The van der Waals surface area contributed by atoms with Crippen molar-refractivity contribution in [3.63, 3.8) is 0 Å². The van der Waals surface area contributed by atoms with Crippen LogP contribution in [-0.4, -0.2) is 61.3 Å². The fraction of sp³-hybridized carbons (Fsp3) is 0.632. The number of aromatic nitrogens is 4. The number of aryl methyl sites for hydroxylation is 3. The Morgan fingerprint density at radius 1 is 1.24 bits per heavy atom. The molecule has 2 aromatic heterocycles. The summed E-state index contributed by atoms with van der Waals surface area (Å²) in [6.07, 6.45) is 2.63. The highest BCUT2D eigenvalue weighted by molar-refractivity contribution is 5.73. The number of nitrogens with zero attached hydrogens (tertiary/aromatic N) is 5. The smallest absolute Gasteiger partial charge is 0.475 e. The molecule has 1 saturated heterocycles. The number of carboxylic acids is 1. The zero-order chi connectivity index (χ0) is 21.4. The minimum absolute atomic E-state index is 0.784. The Balaban J connectivity index is 0.000000370. The van der Waals surface area contributed by atoms with Crippen molar-refractivity contribution in [3.8, 4) is 0 Å². The molecule has 0 radical (unpaired) electrons. The van der Waals surface area contributed by atoms with Crippen molar-refractivity contribution in [1.82, 2.24) is 24.5 Å². The third-order valence-electron chi connectivity index (χ3n) is 4.90. The molecule has 0 atom stereocenters. The predicted molar refractivity (Wildman–Crippen MR) is 101 cm³/mol. The molecule has 7 nitrogen and oxygen atoms in total. The van der Waals surface area contributed by atoms with Gasteiger partial charge >= 0.3 is 12.1 Å². The van der Waals surface area contributed by atoms with Gasteiger partial charge < -0.3 is 10.0 Å². The number of halogens is 3. The van der Waals surface area contributed by atoms with Crippen molar-refractivity contribution >= 4 is 5.97 Å². The standard InChI is InChI=1S/C17H27N5.C2HF3O2/c1-15-13-16(2)22(19-15)10-4-8-20-11-5-17(6-12-20)14-21-9-3-7-18-21;3-2(4,5)1(6)7/h3,7,9,13,17H,4-6,8,10-12,14H2,1-2H3;(H,6,7). The van der Waals surface area contributed by atoms with Crippen molar-refractivity contribution in [1.29, 1.82) is 0 Å². The second-order valence-electron chi connectivity index (χ2n) is 7.32. The van der Waals surface area contributed by atoms with Crippen molar-refractivity contribution in [2.24, 2.45) is 5.92 Å². The normalized spacial score (nSPS) is 15.8. The monoisotopic (exact) mass is 415 g/mol. The second-order valence-corrected chi connectivity index (χ2v) is 7.32. The molecule has 2 aromatic rings. The Morgan fingerprint density at radius 2 is 1.90 bits per heavy atom. The van der Waals surface area contributed by atoms with E-state index in [0.29, 0.717) is 0 Å². The number of piperidine rings is 1. The van der Waals surface area contributed by atoms with Gasteiger partial charge in [-0.1, -0.05) is 0 Å². The molecule has 1 fully saturated rings. The highest BCUT2D eigenvalue weighted by Gasteiger charge is 2.38. The molecule has 0 amide bonds. The molecule has 3 rings (SSSR count). The van der Waals surface area contributed by atoms with Crippen LogP contribution in [0.15, 0.2) is 24.5 Å². The Hall–Kier alpha value is -2.36. The SMILES string of the molecule is Cc1cc(C)n(CCCN2CCC(Cn3cccn3)CC2)n1.O=C(O)C(F)(F)F. The van der Waals surface area contributed by atoms with Gasteiger partial charge in [0, 0.05) is 31.2 Å². The maximum atomic E-state index is 10.6. The van der Waals surface area contributed by atoms with Crippen molar-refractivity contribution in [2.45, 2.75) is 52.4 Å². The fourth-order valence-electron chi connectivity index (χ4n) is 3.41. The fourth-order valence-corrected chi connectivity index (χ4v) is 3.41. The van der Waals surface area contributed by atoms with Gasteiger partial charge in [-0.3, -0.25) is 9.36 Å². The number of aliphatic carboxylic acids is 1. The number of rotatable bonds is 6. The van der Waals surface area contributed by atoms with E-state index < -0.39 is 12.1 Å². The molecule has 162 valence electrons. The molecule has 1 N–H and O–H groups in total. The number of carboxylic acid groups (broad SMARTS) is 1. The summed E-state index contributed by atoms with van der Waals surface area (Å²) in [5.74, 6) is -1.97. The summed E-state index contributed by atoms with van der Waals surface area (Å²) in [5.41, 5.74) is 2.40. The van der Waals surface area contributed by atoms with Crippen LogP contribution < -0.4 is 0 Å². The van der Waals surface area contributed by atoms with Crippen LogP contribution in [0.5, 0.6) is 0 Å². The summed E-state index contributed by atoms with van der Waals surface area (Å²) < 4.78 is 35.9. The van der Waals surface area contributed by atoms with Gasteiger partial charge in [-0.2, -0.15) is 23.4 Å². The molecule has 1 aliphatic heterocycles. The Bertz CT molecular complexity index is 750. The van der Waals surface area contributed by atoms with Crippen LogP contribution >= 0.6 is 0 Å². The largest absolute Gasteiger partial charge is 0.490 e. The number of carbonyl (C=O) groups is 1. The Morgan fingerprint density at radius 3 is 2.38 bits per heavy atom. The molecule has 0 saturated carbocycles. The lowest BCUT2D eigenvalue weighted by Gasteiger charge is -2.31. The predicted octanol–water partition coefficient (Wildman–Crippen LogP) is 3.13. The summed E-state index contributed by atoms with van der Waals surface area (Å²) in [5, 5.41) is 16.0. The molecular formula is C19H28F3N5O2. The average Bonchev–Trinajstić information content (AvgIpc) is 3.26. The molecule has 0 aliphatic carbocycles. The van der Waals surface area contributed by atoms with Gasteiger partial charge in [0.1, 0.15) is 0 Å². The molecular weight excluding hydrogens is 387 g/mol. The summed E-state index contributed by atoms with van der Waals surface area (Å²) in [4.78, 5) is 11.5. The highest BCUT2D eigenvalue weighted by atomic mass is 19.4. The first-order valence-corrected chi connectivity index (χ1v) is 9.66. The number of hydrogen-bond acceptors (Lipinski definition) is 4. The summed E-state index contributed by atoms with van der Waals surface area (Å²) in [6, 6.07) is 4.16. The lowest BCUT2D eigenvalue weighted by molar-refractivity contribution is -0.192. The third-order valence-corrected chi connectivity index (χ3v) is 4.90. The number of hydrogen-bond donors (Lipinski definition) is 1. The van der Waals surface area contributed by atoms with Crippen LogP contribution in [0.4, 0.5) is 13.2 Å². The molecule has 3 heterocycles. The third kappa shape index (κ3) is 7.88. The Labute approximate surface area is 168 Å². The van der Waals surface area contributed by atoms with Crippen LogP contribution in [0, 0.1) is 19.8 Å². The molecule has 0 spiro atoms. The maximum Gasteiger partial charge on any atom is 0.490 e. The molecule has 29 heavy (non-hydrogen) atoms. The van der Waals surface area contributed by atoms with E-state index >= 15 is 0 Å². The van der Waals surface area contributed by atoms with E-state index in [9.17, 15) is 13.2 Å². The first-order valence-electron chi connectivity index (χ1n) is 9.66. The van der Waals surface area contributed by atoms with E-state index in [1.807, 2.05) is 12.3 Å². The zero-order valence-electron chi connectivity index (χ0n) is 16.8. The van der Waals surface area contributed by atoms with Crippen LogP contribution in [0.1, 0.15) is 30.7 Å². The summed E-state index contributed by atoms with van der Waals surface area (Å²) >= 11 is 0.